The molecule has 7 nitrogen and oxygen atoms in total. The average Bonchev–Trinajstić information content (AvgIpc) is 3.03. The minimum Gasteiger partial charge on any atom is -0.269 e. The molecule has 0 radical (unpaired) electrons. The van der Waals surface area contributed by atoms with E-state index < -0.39 is 10.0 Å². The van der Waals surface area contributed by atoms with Crippen LogP contribution in [0.5, 0.6) is 0 Å². The van der Waals surface area contributed by atoms with Gasteiger partial charge in [-0.05, 0) is 37.1 Å². The maximum atomic E-state index is 12.8. The van der Waals surface area contributed by atoms with Gasteiger partial charge in [-0.2, -0.15) is 4.31 Å². The lowest BCUT2D eigenvalue weighted by Crippen LogP contribution is -2.32. The minimum atomic E-state index is -3.49. The topological polar surface area (TPSA) is 84.6 Å². The van der Waals surface area contributed by atoms with Crippen molar-refractivity contribution < 1.29 is 8.42 Å². The minimum absolute atomic E-state index is 0.127. The van der Waals surface area contributed by atoms with E-state index >= 15 is 0 Å². The van der Waals surface area contributed by atoms with E-state index in [1.54, 1.807) is 34.8 Å². The number of pyridine rings is 2. The van der Waals surface area contributed by atoms with Crippen LogP contribution >= 0.6 is 11.8 Å². The Labute approximate surface area is 173 Å². The molecule has 9 heteroatoms. The third-order valence-corrected chi connectivity index (χ3v) is 7.76. The standard InChI is InChI=1S/C20H22N4O3S2/c25-20-13-16(22-18-7-3-6-12-24(18)20)15-28-19-9-8-17(14-21-19)29(26,27)23-10-4-1-2-5-11-23/h3,6-9,12-14H,1-2,4-5,10-11,15H2. The van der Waals surface area contributed by atoms with Gasteiger partial charge in [-0.25, -0.2) is 18.4 Å². The first-order chi connectivity index (χ1) is 14.0. The molecule has 1 aliphatic heterocycles. The second-order valence-corrected chi connectivity index (χ2v) is 9.89. The molecule has 0 atom stereocenters. The van der Waals surface area contributed by atoms with Crippen molar-refractivity contribution >= 4 is 27.4 Å². The van der Waals surface area contributed by atoms with Gasteiger partial charge < -0.3 is 0 Å². The molecule has 0 amide bonds. The number of sulfonamides is 1. The molecule has 152 valence electrons. The van der Waals surface area contributed by atoms with Crippen LogP contribution in [0.25, 0.3) is 5.65 Å². The molecule has 4 rings (SSSR count). The summed E-state index contributed by atoms with van der Waals surface area (Å²) in [5.41, 5.74) is 1.13. The van der Waals surface area contributed by atoms with Gasteiger partial charge in [0.25, 0.3) is 5.56 Å². The third-order valence-electron chi connectivity index (χ3n) is 4.90. The number of fused-ring (bicyclic) bond motifs is 1. The summed E-state index contributed by atoms with van der Waals surface area (Å²) in [5.74, 6) is 0.478. The van der Waals surface area contributed by atoms with Crippen molar-refractivity contribution in [2.45, 2.75) is 41.4 Å². The van der Waals surface area contributed by atoms with E-state index in [-0.39, 0.29) is 10.5 Å². The van der Waals surface area contributed by atoms with E-state index in [1.165, 1.54) is 28.4 Å². The molecule has 1 fully saturated rings. The van der Waals surface area contributed by atoms with Crippen molar-refractivity contribution in [3.05, 3.63) is 64.8 Å². The Bertz CT molecular complexity index is 1150. The smallest absolute Gasteiger partial charge is 0.258 e. The van der Waals surface area contributed by atoms with Crippen LogP contribution in [0.1, 0.15) is 31.4 Å². The maximum absolute atomic E-state index is 12.8. The van der Waals surface area contributed by atoms with Gasteiger partial charge in [-0.3, -0.25) is 9.20 Å². The van der Waals surface area contributed by atoms with Crippen LogP contribution in [-0.2, 0) is 15.8 Å². The zero-order valence-corrected chi connectivity index (χ0v) is 17.5. The number of thioether (sulfide) groups is 1. The number of hydrogen-bond donors (Lipinski definition) is 0. The van der Waals surface area contributed by atoms with Gasteiger partial charge in [-0.15, -0.1) is 11.8 Å². The molecule has 0 N–H and O–H groups in total. The summed E-state index contributed by atoms with van der Waals surface area (Å²) >= 11 is 1.42. The Morgan fingerprint density at radius 3 is 2.55 bits per heavy atom. The zero-order valence-electron chi connectivity index (χ0n) is 15.9. The van der Waals surface area contributed by atoms with Crippen molar-refractivity contribution in [3.8, 4) is 0 Å². The fourth-order valence-corrected chi connectivity index (χ4v) is 5.56. The Morgan fingerprint density at radius 2 is 1.83 bits per heavy atom. The first kappa shape index (κ1) is 20.1. The van der Waals surface area contributed by atoms with E-state index in [9.17, 15) is 13.2 Å². The molecular weight excluding hydrogens is 408 g/mol. The van der Waals surface area contributed by atoms with Gasteiger partial charge in [-0.1, -0.05) is 18.9 Å². The Hall–Kier alpha value is -2.23. The first-order valence-corrected chi connectivity index (χ1v) is 12.0. The molecule has 1 saturated heterocycles. The highest BCUT2D eigenvalue weighted by atomic mass is 32.2. The molecule has 3 aromatic rings. The maximum Gasteiger partial charge on any atom is 0.258 e. The van der Waals surface area contributed by atoms with Crippen LogP contribution < -0.4 is 5.56 Å². The van der Waals surface area contributed by atoms with E-state index in [0.29, 0.717) is 35.2 Å². The molecule has 0 unspecified atom stereocenters. The second-order valence-electron chi connectivity index (χ2n) is 6.95. The van der Waals surface area contributed by atoms with Crippen LogP contribution in [0, 0.1) is 0 Å². The highest BCUT2D eigenvalue weighted by Crippen LogP contribution is 2.23. The summed E-state index contributed by atoms with van der Waals surface area (Å²) in [5, 5.41) is 0.690. The molecule has 0 spiro atoms. The molecular formula is C20H22N4O3S2. The molecule has 1 aliphatic rings. The van der Waals surface area contributed by atoms with Crippen LogP contribution in [0.15, 0.2) is 63.5 Å². The van der Waals surface area contributed by atoms with Gasteiger partial charge in [0.15, 0.2) is 0 Å². The highest BCUT2D eigenvalue weighted by molar-refractivity contribution is 7.98. The quantitative estimate of drug-likeness (QED) is 0.579. The monoisotopic (exact) mass is 430 g/mol. The molecule has 29 heavy (non-hydrogen) atoms. The van der Waals surface area contributed by atoms with Crippen molar-refractivity contribution in [2.24, 2.45) is 0 Å². The summed E-state index contributed by atoms with van der Waals surface area (Å²) in [6.45, 7) is 1.14. The normalized spacial score (nSPS) is 16.0. The number of rotatable bonds is 5. The molecule has 0 saturated carbocycles. The van der Waals surface area contributed by atoms with Crippen molar-refractivity contribution in [1.82, 2.24) is 18.7 Å². The SMILES string of the molecule is O=c1cc(CSc2ccc(S(=O)(=O)N3CCCCCC3)cn2)nc2ccccn12. The second kappa shape index (κ2) is 8.64. The zero-order chi connectivity index (χ0) is 20.3. The molecule has 3 aromatic heterocycles. The van der Waals surface area contributed by atoms with Crippen LogP contribution in [0.3, 0.4) is 0 Å². The fraction of sp³-hybridized carbons (Fsp3) is 0.350. The van der Waals surface area contributed by atoms with Gasteiger partial charge >= 0.3 is 0 Å². The third kappa shape index (κ3) is 4.52. The number of hydrogen-bond acceptors (Lipinski definition) is 6. The van der Waals surface area contributed by atoms with Crippen molar-refractivity contribution in [3.63, 3.8) is 0 Å². The summed E-state index contributed by atoms with van der Waals surface area (Å²) < 4.78 is 28.7. The van der Waals surface area contributed by atoms with Crippen LogP contribution in [0.4, 0.5) is 0 Å². The van der Waals surface area contributed by atoms with E-state index in [4.69, 9.17) is 0 Å². The van der Waals surface area contributed by atoms with Crippen molar-refractivity contribution in [1.29, 1.82) is 0 Å². The van der Waals surface area contributed by atoms with Crippen LogP contribution in [-0.4, -0.2) is 40.2 Å². The first-order valence-electron chi connectivity index (χ1n) is 9.60. The average molecular weight is 431 g/mol. The predicted octanol–water partition coefficient (Wildman–Crippen LogP) is 2.95. The summed E-state index contributed by atoms with van der Waals surface area (Å²) in [6, 6.07) is 10.2. The summed E-state index contributed by atoms with van der Waals surface area (Å²) in [6.07, 6.45) is 7.06. The number of nitrogens with zero attached hydrogens (tertiary/aromatic N) is 4. The lowest BCUT2D eigenvalue weighted by atomic mass is 10.2. The van der Waals surface area contributed by atoms with Crippen LogP contribution in [0.2, 0.25) is 0 Å². The van der Waals surface area contributed by atoms with Gasteiger partial charge in [0.1, 0.15) is 10.5 Å². The fourth-order valence-electron chi connectivity index (χ4n) is 3.36. The highest BCUT2D eigenvalue weighted by Gasteiger charge is 2.25. The lowest BCUT2D eigenvalue weighted by molar-refractivity contribution is 0.423. The molecule has 4 heterocycles. The number of aromatic nitrogens is 3. The molecule has 0 bridgehead atoms. The van der Waals surface area contributed by atoms with E-state index in [2.05, 4.69) is 9.97 Å². The Kier molecular flexibility index (Phi) is 5.98. The molecule has 0 aromatic carbocycles. The predicted molar refractivity (Wildman–Crippen MR) is 112 cm³/mol. The summed E-state index contributed by atoms with van der Waals surface area (Å²) in [7, 11) is -3.49. The van der Waals surface area contributed by atoms with E-state index in [1.807, 2.05) is 6.07 Å². The lowest BCUT2D eigenvalue weighted by Gasteiger charge is -2.19. The largest absolute Gasteiger partial charge is 0.269 e. The Balaban J connectivity index is 1.46. The van der Waals surface area contributed by atoms with Gasteiger partial charge in [0.2, 0.25) is 10.0 Å². The van der Waals surface area contributed by atoms with E-state index in [0.717, 1.165) is 25.7 Å². The summed E-state index contributed by atoms with van der Waals surface area (Å²) in [4.78, 5) is 21.2. The Morgan fingerprint density at radius 1 is 1.03 bits per heavy atom. The van der Waals surface area contributed by atoms with Gasteiger partial charge in [0.05, 0.1) is 10.7 Å². The molecule has 0 aliphatic carbocycles. The van der Waals surface area contributed by atoms with Crippen molar-refractivity contribution in [2.75, 3.05) is 13.1 Å². The van der Waals surface area contributed by atoms with Gasteiger partial charge in [0, 0.05) is 37.3 Å².